The molecule has 1 atom stereocenters. The summed E-state index contributed by atoms with van der Waals surface area (Å²) in [6.45, 7) is 0. The highest BCUT2D eigenvalue weighted by molar-refractivity contribution is 5.76. The molecule has 1 amide bonds. The van der Waals surface area contributed by atoms with Gasteiger partial charge in [0.25, 0.3) is 0 Å². The third-order valence-electron chi connectivity index (χ3n) is 4.86. The largest absolute Gasteiger partial charge is 0.493 e. The predicted octanol–water partition coefficient (Wildman–Crippen LogP) is 3.70. The average Bonchev–Trinajstić information content (AvgIpc) is 3.18. The minimum Gasteiger partial charge on any atom is -0.493 e. The minimum atomic E-state index is -0.253. The number of hydrogen-bond acceptors (Lipinski definition) is 3. The van der Waals surface area contributed by atoms with Crippen molar-refractivity contribution in [2.45, 2.75) is 57.0 Å². The molecule has 23 heavy (non-hydrogen) atoms. The van der Waals surface area contributed by atoms with E-state index in [0.717, 1.165) is 42.8 Å². The number of rotatable bonds is 6. The van der Waals surface area contributed by atoms with Crippen molar-refractivity contribution < 1.29 is 14.3 Å². The average molecular weight is 315 g/mol. The summed E-state index contributed by atoms with van der Waals surface area (Å²) >= 11 is 0. The van der Waals surface area contributed by atoms with E-state index in [2.05, 4.69) is 18.2 Å². The molecule has 0 spiro atoms. The van der Waals surface area contributed by atoms with Gasteiger partial charge in [-0.25, -0.2) is 0 Å². The van der Waals surface area contributed by atoms with E-state index < -0.39 is 0 Å². The molecule has 0 bridgehead atoms. The number of ether oxygens (including phenoxy) is 2. The van der Waals surface area contributed by atoms with Crippen molar-refractivity contribution in [2.24, 2.45) is 5.73 Å². The molecule has 4 nitrogen and oxygen atoms in total. The molecule has 3 rings (SSSR count). The van der Waals surface area contributed by atoms with Crippen LogP contribution in [-0.2, 0) is 4.79 Å². The van der Waals surface area contributed by atoms with Gasteiger partial charge in [-0.3, -0.25) is 4.79 Å². The van der Waals surface area contributed by atoms with Crippen molar-refractivity contribution in [3.8, 4) is 11.5 Å². The number of primary amides is 1. The van der Waals surface area contributed by atoms with E-state index >= 15 is 0 Å². The Kier molecular flexibility index (Phi) is 4.89. The number of carbonyl (C=O) groups excluding carboxylic acids is 1. The molecule has 1 aromatic rings. The van der Waals surface area contributed by atoms with Crippen LogP contribution in [0.25, 0.3) is 0 Å². The molecular formula is C19H25NO3. The normalized spacial score (nSPS) is 21.3. The van der Waals surface area contributed by atoms with Crippen LogP contribution in [0.15, 0.2) is 29.8 Å². The molecule has 0 heterocycles. The number of carbonyl (C=O) groups is 1. The number of nitrogens with two attached hydrogens (primary N) is 1. The Morgan fingerprint density at radius 1 is 1.26 bits per heavy atom. The molecular weight excluding hydrogens is 290 g/mol. The Morgan fingerprint density at radius 3 is 2.74 bits per heavy atom. The molecule has 0 aliphatic heterocycles. The molecule has 1 saturated carbocycles. The molecule has 2 N–H and O–H groups in total. The van der Waals surface area contributed by atoms with Crippen molar-refractivity contribution in [2.75, 3.05) is 7.11 Å². The fourth-order valence-corrected chi connectivity index (χ4v) is 3.64. The predicted molar refractivity (Wildman–Crippen MR) is 89.7 cm³/mol. The van der Waals surface area contributed by atoms with Crippen molar-refractivity contribution in [3.05, 3.63) is 35.4 Å². The second kappa shape index (κ2) is 7.07. The lowest BCUT2D eigenvalue weighted by Gasteiger charge is -2.19. The lowest BCUT2D eigenvalue weighted by molar-refractivity contribution is -0.117. The van der Waals surface area contributed by atoms with Gasteiger partial charge in [-0.05, 0) is 62.1 Å². The van der Waals surface area contributed by atoms with E-state index in [1.807, 2.05) is 6.07 Å². The first-order valence-electron chi connectivity index (χ1n) is 8.46. The van der Waals surface area contributed by atoms with Crippen LogP contribution in [0.2, 0.25) is 0 Å². The van der Waals surface area contributed by atoms with Gasteiger partial charge in [-0.15, -0.1) is 0 Å². The van der Waals surface area contributed by atoms with Crippen molar-refractivity contribution >= 4 is 5.91 Å². The highest BCUT2D eigenvalue weighted by Crippen LogP contribution is 2.39. The fourth-order valence-electron chi connectivity index (χ4n) is 3.64. The SMILES string of the molecule is COc1ccc(C2CC=C(CC(N)=O)C2)cc1OC1CCCC1. The van der Waals surface area contributed by atoms with Crippen LogP contribution < -0.4 is 15.2 Å². The Balaban J connectivity index is 1.72. The zero-order valence-corrected chi connectivity index (χ0v) is 13.7. The molecule has 2 aliphatic carbocycles. The van der Waals surface area contributed by atoms with Crippen LogP contribution in [0.5, 0.6) is 11.5 Å². The first kappa shape index (κ1) is 15.9. The van der Waals surface area contributed by atoms with Gasteiger partial charge in [0.15, 0.2) is 11.5 Å². The van der Waals surface area contributed by atoms with Crippen LogP contribution in [-0.4, -0.2) is 19.1 Å². The number of allylic oxidation sites excluding steroid dienone is 1. The van der Waals surface area contributed by atoms with Gasteiger partial charge in [0, 0.05) is 6.42 Å². The standard InChI is InChI=1S/C19H25NO3/c1-22-17-9-8-15(12-18(17)23-16-4-2-3-5-16)14-7-6-13(10-14)11-19(20)21/h6,8-9,12,14,16H,2-5,7,10-11H2,1H3,(H2,20,21). The summed E-state index contributed by atoms with van der Waals surface area (Å²) in [7, 11) is 1.68. The fraction of sp³-hybridized carbons (Fsp3) is 0.526. The molecule has 1 aromatic carbocycles. The topological polar surface area (TPSA) is 61.5 Å². The minimum absolute atomic E-state index is 0.253. The highest BCUT2D eigenvalue weighted by Gasteiger charge is 2.23. The summed E-state index contributed by atoms with van der Waals surface area (Å²) < 4.78 is 11.6. The van der Waals surface area contributed by atoms with Gasteiger partial charge in [0.2, 0.25) is 5.91 Å². The molecule has 1 unspecified atom stereocenters. The van der Waals surface area contributed by atoms with E-state index in [1.54, 1.807) is 7.11 Å². The second-order valence-corrected chi connectivity index (χ2v) is 6.58. The smallest absolute Gasteiger partial charge is 0.221 e. The number of amides is 1. The van der Waals surface area contributed by atoms with Crippen LogP contribution in [0, 0.1) is 0 Å². The summed E-state index contributed by atoms with van der Waals surface area (Å²) in [5.41, 5.74) is 7.69. The molecule has 0 aromatic heterocycles. The van der Waals surface area contributed by atoms with Crippen molar-refractivity contribution in [1.29, 1.82) is 0 Å². The monoisotopic (exact) mass is 315 g/mol. The lowest BCUT2D eigenvalue weighted by Crippen LogP contribution is -2.12. The molecule has 124 valence electrons. The van der Waals surface area contributed by atoms with Crippen molar-refractivity contribution in [1.82, 2.24) is 0 Å². The molecule has 4 heteroatoms. The molecule has 2 aliphatic rings. The summed E-state index contributed by atoms with van der Waals surface area (Å²) in [4.78, 5) is 11.1. The highest BCUT2D eigenvalue weighted by atomic mass is 16.5. The van der Waals surface area contributed by atoms with Gasteiger partial charge in [0.05, 0.1) is 13.2 Å². The van der Waals surface area contributed by atoms with E-state index in [9.17, 15) is 4.79 Å². The van der Waals surface area contributed by atoms with Gasteiger partial charge in [-0.2, -0.15) is 0 Å². The zero-order valence-electron chi connectivity index (χ0n) is 13.7. The van der Waals surface area contributed by atoms with Crippen molar-refractivity contribution in [3.63, 3.8) is 0 Å². The third-order valence-corrected chi connectivity index (χ3v) is 4.86. The van der Waals surface area contributed by atoms with E-state index in [-0.39, 0.29) is 5.91 Å². The van der Waals surface area contributed by atoms with Gasteiger partial charge in [-0.1, -0.05) is 17.7 Å². The summed E-state index contributed by atoms with van der Waals surface area (Å²) in [6, 6.07) is 6.21. The van der Waals surface area contributed by atoms with Gasteiger partial charge < -0.3 is 15.2 Å². The number of methoxy groups -OCH3 is 1. The van der Waals surface area contributed by atoms with E-state index in [0.29, 0.717) is 18.4 Å². The van der Waals surface area contributed by atoms with E-state index in [4.69, 9.17) is 15.2 Å². The third kappa shape index (κ3) is 3.87. The maximum Gasteiger partial charge on any atom is 0.221 e. The zero-order chi connectivity index (χ0) is 16.2. The Labute approximate surface area is 137 Å². The Morgan fingerprint density at radius 2 is 2.04 bits per heavy atom. The van der Waals surface area contributed by atoms with Crippen LogP contribution in [0.1, 0.15) is 56.4 Å². The van der Waals surface area contributed by atoms with E-state index in [1.165, 1.54) is 18.4 Å². The molecule has 0 radical (unpaired) electrons. The summed E-state index contributed by atoms with van der Waals surface area (Å²) in [5.74, 6) is 1.79. The Bertz CT molecular complexity index is 603. The summed E-state index contributed by atoms with van der Waals surface area (Å²) in [5, 5.41) is 0. The molecule has 0 saturated heterocycles. The molecule has 1 fully saturated rings. The van der Waals surface area contributed by atoms with Crippen LogP contribution >= 0.6 is 0 Å². The second-order valence-electron chi connectivity index (χ2n) is 6.58. The van der Waals surface area contributed by atoms with Crippen LogP contribution in [0.3, 0.4) is 0 Å². The summed E-state index contributed by atoms with van der Waals surface area (Å²) in [6.07, 6.45) is 9.44. The first-order chi connectivity index (χ1) is 11.2. The number of benzene rings is 1. The van der Waals surface area contributed by atoms with Crippen LogP contribution in [0.4, 0.5) is 0 Å². The quantitative estimate of drug-likeness (QED) is 0.814. The van der Waals surface area contributed by atoms with Gasteiger partial charge >= 0.3 is 0 Å². The van der Waals surface area contributed by atoms with Gasteiger partial charge in [0.1, 0.15) is 0 Å². The Hall–Kier alpha value is -1.97. The maximum atomic E-state index is 11.1. The lowest BCUT2D eigenvalue weighted by atomic mass is 9.94. The first-order valence-corrected chi connectivity index (χ1v) is 8.46. The maximum absolute atomic E-state index is 11.1. The number of hydrogen-bond donors (Lipinski definition) is 1.